The predicted molar refractivity (Wildman–Crippen MR) is 24.1 cm³/mol. The van der Waals surface area contributed by atoms with Crippen LogP contribution in [0.25, 0.3) is 0 Å². The van der Waals surface area contributed by atoms with Gasteiger partial charge in [-0.25, -0.2) is 5.48 Å². The molecule has 1 rings (SSSR count). The monoisotopic (exact) mass is 99.0 g/mol. The molecular formula is C4H5NO2. The summed E-state index contributed by atoms with van der Waals surface area (Å²) >= 11 is 0. The molecule has 0 radical (unpaired) electrons. The summed E-state index contributed by atoms with van der Waals surface area (Å²) < 4.78 is 0. The zero-order chi connectivity index (χ0) is 5.11. The SMILES string of the molecule is OC1=CC=CNO1. The summed E-state index contributed by atoms with van der Waals surface area (Å²) in [5.41, 5.74) is 2.34. The van der Waals surface area contributed by atoms with Gasteiger partial charge in [-0.2, -0.15) is 0 Å². The van der Waals surface area contributed by atoms with Crippen molar-refractivity contribution in [3.8, 4) is 0 Å². The molecule has 38 valence electrons. The Hall–Kier alpha value is -1.12. The maximum atomic E-state index is 8.43. The van der Waals surface area contributed by atoms with E-state index < -0.39 is 0 Å². The smallest absolute Gasteiger partial charge is 0.304 e. The van der Waals surface area contributed by atoms with Crippen LogP contribution in [0, 0.1) is 0 Å². The van der Waals surface area contributed by atoms with Crippen LogP contribution in [0.4, 0.5) is 0 Å². The summed E-state index contributed by atoms with van der Waals surface area (Å²) in [7, 11) is 0. The molecule has 0 aliphatic carbocycles. The summed E-state index contributed by atoms with van der Waals surface area (Å²) in [6.07, 6.45) is 4.65. The molecule has 7 heavy (non-hydrogen) atoms. The van der Waals surface area contributed by atoms with Crippen LogP contribution in [0.5, 0.6) is 0 Å². The Bertz CT molecular complexity index is 117. The van der Waals surface area contributed by atoms with E-state index in [9.17, 15) is 0 Å². The number of hydrogen-bond donors (Lipinski definition) is 2. The average molecular weight is 99.1 g/mol. The second kappa shape index (κ2) is 1.55. The summed E-state index contributed by atoms with van der Waals surface area (Å²) in [5, 5.41) is 8.43. The molecule has 0 aromatic rings. The Kier molecular flexibility index (Phi) is 0.898. The van der Waals surface area contributed by atoms with Crippen molar-refractivity contribution in [3.63, 3.8) is 0 Å². The first kappa shape index (κ1) is 4.05. The molecule has 0 spiro atoms. The normalized spacial score (nSPS) is 16.9. The first-order chi connectivity index (χ1) is 3.39. The summed E-state index contributed by atoms with van der Waals surface area (Å²) in [6, 6.07) is 0. The van der Waals surface area contributed by atoms with Crippen LogP contribution in [-0.2, 0) is 4.84 Å². The number of hydrogen-bond acceptors (Lipinski definition) is 3. The van der Waals surface area contributed by atoms with Gasteiger partial charge in [-0.3, -0.25) is 0 Å². The lowest BCUT2D eigenvalue weighted by molar-refractivity contribution is 0.0415. The highest BCUT2D eigenvalue weighted by atomic mass is 16.7. The van der Waals surface area contributed by atoms with E-state index in [1.54, 1.807) is 12.3 Å². The van der Waals surface area contributed by atoms with Crippen LogP contribution in [0.1, 0.15) is 0 Å². The van der Waals surface area contributed by atoms with Crippen LogP contribution < -0.4 is 5.48 Å². The van der Waals surface area contributed by atoms with Crippen LogP contribution in [0.3, 0.4) is 0 Å². The maximum absolute atomic E-state index is 8.43. The van der Waals surface area contributed by atoms with Crippen molar-refractivity contribution in [1.29, 1.82) is 0 Å². The van der Waals surface area contributed by atoms with Gasteiger partial charge in [0.05, 0.1) is 0 Å². The van der Waals surface area contributed by atoms with Crippen LogP contribution in [0.2, 0.25) is 0 Å². The van der Waals surface area contributed by atoms with E-state index >= 15 is 0 Å². The fraction of sp³-hybridized carbons (Fsp3) is 0. The number of rotatable bonds is 0. The van der Waals surface area contributed by atoms with Crippen molar-refractivity contribution in [1.82, 2.24) is 5.48 Å². The number of hydroxylamine groups is 1. The van der Waals surface area contributed by atoms with Gasteiger partial charge in [0, 0.05) is 12.3 Å². The third kappa shape index (κ3) is 0.855. The quantitative estimate of drug-likeness (QED) is 0.463. The van der Waals surface area contributed by atoms with E-state index in [4.69, 9.17) is 5.11 Å². The Balaban J connectivity index is 2.57. The van der Waals surface area contributed by atoms with Crippen LogP contribution >= 0.6 is 0 Å². The molecule has 0 bridgehead atoms. The molecule has 1 heterocycles. The van der Waals surface area contributed by atoms with E-state index in [2.05, 4.69) is 10.3 Å². The number of nitrogens with one attached hydrogen (secondary N) is 1. The molecule has 0 fully saturated rings. The third-order valence-corrected chi connectivity index (χ3v) is 0.567. The Labute approximate surface area is 40.9 Å². The van der Waals surface area contributed by atoms with Crippen molar-refractivity contribution in [2.45, 2.75) is 0 Å². The maximum Gasteiger partial charge on any atom is 0.304 e. The van der Waals surface area contributed by atoms with Gasteiger partial charge in [0.2, 0.25) is 0 Å². The average Bonchev–Trinajstić information content (AvgIpc) is 1.69. The van der Waals surface area contributed by atoms with Gasteiger partial charge < -0.3 is 9.94 Å². The predicted octanol–water partition coefficient (Wildman–Crippen LogP) is 0.434. The van der Waals surface area contributed by atoms with E-state index in [0.29, 0.717) is 0 Å². The van der Waals surface area contributed by atoms with Gasteiger partial charge in [-0.15, -0.1) is 0 Å². The first-order valence-electron chi connectivity index (χ1n) is 1.88. The first-order valence-corrected chi connectivity index (χ1v) is 1.88. The Morgan fingerprint density at radius 3 is 2.86 bits per heavy atom. The lowest BCUT2D eigenvalue weighted by atomic mass is 10.5. The van der Waals surface area contributed by atoms with Crippen LogP contribution in [0.15, 0.2) is 24.3 Å². The van der Waals surface area contributed by atoms with Gasteiger partial charge in [-0.1, -0.05) is 0 Å². The van der Waals surface area contributed by atoms with Crippen LogP contribution in [-0.4, -0.2) is 5.11 Å². The highest BCUT2D eigenvalue weighted by Gasteiger charge is 1.90. The van der Waals surface area contributed by atoms with Gasteiger partial charge in [0.15, 0.2) is 0 Å². The van der Waals surface area contributed by atoms with Crippen molar-refractivity contribution < 1.29 is 9.94 Å². The molecule has 1 aliphatic heterocycles. The lowest BCUT2D eigenvalue weighted by Crippen LogP contribution is -2.08. The minimum atomic E-state index is -0.109. The number of allylic oxidation sites excluding steroid dienone is 2. The summed E-state index contributed by atoms with van der Waals surface area (Å²) in [6.45, 7) is 0. The second-order valence-electron chi connectivity index (χ2n) is 1.08. The highest BCUT2D eigenvalue weighted by Crippen LogP contribution is 1.92. The Morgan fingerprint density at radius 1 is 1.71 bits per heavy atom. The zero-order valence-electron chi connectivity index (χ0n) is 3.59. The largest absolute Gasteiger partial charge is 0.479 e. The molecule has 3 heteroatoms. The van der Waals surface area contributed by atoms with Gasteiger partial charge in [0.25, 0.3) is 0 Å². The minimum Gasteiger partial charge on any atom is -0.479 e. The molecular weight excluding hydrogens is 94.0 g/mol. The topological polar surface area (TPSA) is 41.5 Å². The van der Waals surface area contributed by atoms with E-state index in [0.717, 1.165) is 0 Å². The molecule has 0 unspecified atom stereocenters. The molecule has 0 aromatic heterocycles. The zero-order valence-corrected chi connectivity index (χ0v) is 3.59. The van der Waals surface area contributed by atoms with E-state index in [-0.39, 0.29) is 5.95 Å². The minimum absolute atomic E-state index is 0.109. The van der Waals surface area contributed by atoms with Gasteiger partial charge in [0.1, 0.15) is 0 Å². The van der Waals surface area contributed by atoms with Crippen molar-refractivity contribution in [2.24, 2.45) is 0 Å². The molecule has 0 aromatic carbocycles. The van der Waals surface area contributed by atoms with Crippen molar-refractivity contribution >= 4 is 0 Å². The second-order valence-corrected chi connectivity index (χ2v) is 1.08. The molecule has 0 amide bonds. The molecule has 0 saturated carbocycles. The lowest BCUT2D eigenvalue weighted by Gasteiger charge is -2.03. The highest BCUT2D eigenvalue weighted by molar-refractivity contribution is 5.03. The van der Waals surface area contributed by atoms with Crippen molar-refractivity contribution in [2.75, 3.05) is 0 Å². The van der Waals surface area contributed by atoms with E-state index in [1.165, 1.54) is 6.08 Å². The van der Waals surface area contributed by atoms with E-state index in [1.807, 2.05) is 0 Å². The molecule has 1 aliphatic rings. The molecule has 3 nitrogen and oxygen atoms in total. The molecule has 2 N–H and O–H groups in total. The van der Waals surface area contributed by atoms with Gasteiger partial charge in [-0.05, 0) is 6.08 Å². The number of aliphatic hydroxyl groups excluding tert-OH is 1. The molecule has 0 saturated heterocycles. The Morgan fingerprint density at radius 2 is 2.57 bits per heavy atom. The third-order valence-electron chi connectivity index (χ3n) is 0.567. The van der Waals surface area contributed by atoms with Gasteiger partial charge >= 0.3 is 5.95 Å². The summed E-state index contributed by atoms with van der Waals surface area (Å²) in [5.74, 6) is -0.109. The fourth-order valence-electron chi connectivity index (χ4n) is 0.298. The summed E-state index contributed by atoms with van der Waals surface area (Å²) in [4.78, 5) is 4.36. The standard InChI is InChI=1S/C4H5NO2/c6-4-2-1-3-5-7-4/h1-3,5-6H. The number of aliphatic hydroxyl groups is 1. The van der Waals surface area contributed by atoms with Crippen molar-refractivity contribution in [3.05, 3.63) is 24.3 Å². The fourth-order valence-corrected chi connectivity index (χ4v) is 0.298. The molecule has 0 atom stereocenters.